The molecule has 1 aliphatic heterocycles. The average molecular weight is 262 g/mol. The molecule has 0 amide bonds. The van der Waals surface area contributed by atoms with E-state index in [-0.39, 0.29) is 0 Å². The van der Waals surface area contributed by atoms with Crippen LogP contribution >= 0.6 is 0 Å². The van der Waals surface area contributed by atoms with Gasteiger partial charge >= 0.3 is 0 Å². The topological polar surface area (TPSA) is 31.4 Å². The molecule has 0 bridgehead atoms. The summed E-state index contributed by atoms with van der Waals surface area (Å²) in [5, 5.41) is 3.47. The highest BCUT2D eigenvalue weighted by molar-refractivity contribution is 5.45. The van der Waals surface area contributed by atoms with Crippen LogP contribution in [0.25, 0.3) is 0 Å². The van der Waals surface area contributed by atoms with Gasteiger partial charge in [0.1, 0.15) is 0 Å². The molecule has 0 saturated carbocycles. The number of nitrogens with one attached hydrogen (secondary N) is 1. The molecule has 2 rings (SSSR count). The minimum atomic E-state index is 0.335. The van der Waals surface area contributed by atoms with Gasteiger partial charge in [-0.1, -0.05) is 6.92 Å². The molecule has 19 heavy (non-hydrogen) atoms. The number of anilines is 1. The predicted octanol–water partition coefficient (Wildman–Crippen LogP) is 1.89. The molecule has 1 atom stereocenters. The molecule has 1 unspecified atom stereocenters. The molecule has 2 heterocycles. The third kappa shape index (κ3) is 3.91. The smallest absolute Gasteiger partial charge is 0.0572 e. The highest BCUT2D eigenvalue weighted by atomic mass is 15.2. The van der Waals surface area contributed by atoms with E-state index in [1.54, 1.807) is 0 Å². The van der Waals surface area contributed by atoms with Gasteiger partial charge in [0.05, 0.1) is 17.6 Å². The summed E-state index contributed by atoms with van der Waals surface area (Å²) >= 11 is 0. The van der Waals surface area contributed by atoms with Gasteiger partial charge in [-0.3, -0.25) is 4.98 Å². The summed E-state index contributed by atoms with van der Waals surface area (Å²) in [6.07, 6.45) is 3.18. The largest absolute Gasteiger partial charge is 0.368 e. The van der Waals surface area contributed by atoms with Gasteiger partial charge in [0.2, 0.25) is 0 Å². The van der Waals surface area contributed by atoms with E-state index in [2.05, 4.69) is 53.1 Å². The highest BCUT2D eigenvalue weighted by Crippen LogP contribution is 2.17. The van der Waals surface area contributed by atoms with Crippen LogP contribution in [0.5, 0.6) is 0 Å². The Bertz CT molecular complexity index is 368. The van der Waals surface area contributed by atoms with Crippen molar-refractivity contribution in [1.29, 1.82) is 0 Å². The molecule has 1 aliphatic rings. The van der Waals surface area contributed by atoms with Crippen molar-refractivity contribution < 1.29 is 0 Å². The van der Waals surface area contributed by atoms with Gasteiger partial charge in [0.25, 0.3) is 0 Å². The SMILES string of the molecule is CCCNC(C)c1ccc(N2CCN(C)CC2)cn1. The van der Waals surface area contributed by atoms with Crippen molar-refractivity contribution in [3.05, 3.63) is 24.0 Å². The zero-order valence-electron chi connectivity index (χ0n) is 12.4. The number of aromatic nitrogens is 1. The second-order valence-electron chi connectivity index (χ2n) is 5.41. The minimum Gasteiger partial charge on any atom is -0.368 e. The molecule has 1 N–H and O–H groups in total. The Balaban J connectivity index is 1.94. The lowest BCUT2D eigenvalue weighted by atomic mass is 10.2. The monoisotopic (exact) mass is 262 g/mol. The summed E-state index contributed by atoms with van der Waals surface area (Å²) in [6, 6.07) is 4.69. The van der Waals surface area contributed by atoms with Crippen LogP contribution in [-0.2, 0) is 0 Å². The first-order chi connectivity index (χ1) is 9.20. The lowest BCUT2D eigenvalue weighted by molar-refractivity contribution is 0.313. The molecule has 4 nitrogen and oxygen atoms in total. The first-order valence-corrected chi connectivity index (χ1v) is 7.33. The van der Waals surface area contributed by atoms with Crippen LogP contribution in [0.1, 0.15) is 32.0 Å². The molecule has 0 aromatic carbocycles. The van der Waals surface area contributed by atoms with E-state index in [4.69, 9.17) is 0 Å². The van der Waals surface area contributed by atoms with E-state index in [0.29, 0.717) is 6.04 Å². The maximum absolute atomic E-state index is 4.61. The Morgan fingerprint density at radius 1 is 1.26 bits per heavy atom. The highest BCUT2D eigenvalue weighted by Gasteiger charge is 2.14. The first kappa shape index (κ1) is 14.3. The van der Waals surface area contributed by atoms with Crippen molar-refractivity contribution in [3.8, 4) is 0 Å². The van der Waals surface area contributed by atoms with Crippen LogP contribution in [0, 0.1) is 0 Å². The van der Waals surface area contributed by atoms with Crippen molar-refractivity contribution in [2.24, 2.45) is 0 Å². The van der Waals surface area contributed by atoms with Crippen molar-refractivity contribution >= 4 is 5.69 Å². The second kappa shape index (κ2) is 6.87. The summed E-state index contributed by atoms with van der Waals surface area (Å²) in [7, 11) is 2.18. The summed E-state index contributed by atoms with van der Waals surface area (Å²) in [5.74, 6) is 0. The van der Waals surface area contributed by atoms with Crippen LogP contribution in [0.2, 0.25) is 0 Å². The van der Waals surface area contributed by atoms with Crippen LogP contribution in [-0.4, -0.2) is 49.7 Å². The zero-order chi connectivity index (χ0) is 13.7. The van der Waals surface area contributed by atoms with Crippen LogP contribution in [0.4, 0.5) is 5.69 Å². The Morgan fingerprint density at radius 2 is 2.00 bits per heavy atom. The number of rotatable bonds is 5. The molecule has 0 spiro atoms. The van der Waals surface area contributed by atoms with Crippen LogP contribution in [0.3, 0.4) is 0 Å². The summed E-state index contributed by atoms with van der Waals surface area (Å²) in [5.41, 5.74) is 2.38. The van der Waals surface area contributed by atoms with Gasteiger partial charge in [-0.2, -0.15) is 0 Å². The van der Waals surface area contributed by atoms with E-state index in [0.717, 1.165) is 44.8 Å². The number of likely N-dealkylation sites (N-methyl/N-ethyl adjacent to an activating group) is 1. The minimum absolute atomic E-state index is 0.335. The van der Waals surface area contributed by atoms with E-state index in [9.17, 15) is 0 Å². The average Bonchev–Trinajstić information content (AvgIpc) is 2.46. The zero-order valence-corrected chi connectivity index (χ0v) is 12.4. The van der Waals surface area contributed by atoms with Gasteiger partial charge in [-0.05, 0) is 39.1 Å². The van der Waals surface area contributed by atoms with Gasteiger partial charge in [0.15, 0.2) is 0 Å². The lowest BCUT2D eigenvalue weighted by Crippen LogP contribution is -2.44. The van der Waals surface area contributed by atoms with E-state index in [1.165, 1.54) is 5.69 Å². The molecule has 1 aromatic rings. The lowest BCUT2D eigenvalue weighted by Gasteiger charge is -2.33. The fourth-order valence-electron chi connectivity index (χ4n) is 2.37. The summed E-state index contributed by atoms with van der Waals surface area (Å²) in [4.78, 5) is 9.40. The molecule has 4 heteroatoms. The molecule has 1 aromatic heterocycles. The number of piperazine rings is 1. The molecule has 1 saturated heterocycles. The summed E-state index contributed by atoms with van der Waals surface area (Å²) in [6.45, 7) is 9.87. The third-order valence-electron chi connectivity index (χ3n) is 3.78. The molecule has 106 valence electrons. The summed E-state index contributed by atoms with van der Waals surface area (Å²) < 4.78 is 0. The van der Waals surface area contributed by atoms with Crippen molar-refractivity contribution in [1.82, 2.24) is 15.2 Å². The van der Waals surface area contributed by atoms with Crippen LogP contribution in [0.15, 0.2) is 18.3 Å². The molecule has 1 fully saturated rings. The van der Waals surface area contributed by atoms with E-state index in [1.807, 2.05) is 6.20 Å². The van der Waals surface area contributed by atoms with Crippen molar-refractivity contribution in [3.63, 3.8) is 0 Å². The number of hydrogen-bond acceptors (Lipinski definition) is 4. The van der Waals surface area contributed by atoms with E-state index >= 15 is 0 Å². The third-order valence-corrected chi connectivity index (χ3v) is 3.78. The van der Waals surface area contributed by atoms with Gasteiger partial charge in [-0.25, -0.2) is 0 Å². The number of hydrogen-bond donors (Lipinski definition) is 1. The predicted molar refractivity (Wildman–Crippen MR) is 80.7 cm³/mol. The molecular weight excluding hydrogens is 236 g/mol. The Kier molecular flexibility index (Phi) is 5.16. The van der Waals surface area contributed by atoms with Crippen LogP contribution < -0.4 is 10.2 Å². The van der Waals surface area contributed by atoms with Crippen molar-refractivity contribution in [2.45, 2.75) is 26.3 Å². The van der Waals surface area contributed by atoms with Gasteiger partial charge in [-0.15, -0.1) is 0 Å². The molecular formula is C15H26N4. The van der Waals surface area contributed by atoms with E-state index < -0.39 is 0 Å². The number of nitrogens with zero attached hydrogens (tertiary/aromatic N) is 3. The maximum atomic E-state index is 4.61. The Hall–Kier alpha value is -1.13. The first-order valence-electron chi connectivity index (χ1n) is 7.33. The normalized spacial score (nSPS) is 18.6. The molecule has 0 radical (unpaired) electrons. The standard InChI is InChI=1S/C15H26N4/c1-4-7-16-13(2)15-6-5-14(12-17-15)19-10-8-18(3)9-11-19/h5-6,12-13,16H,4,7-11H2,1-3H3. The molecule has 0 aliphatic carbocycles. The van der Waals surface area contributed by atoms with Gasteiger partial charge < -0.3 is 15.1 Å². The fraction of sp³-hybridized carbons (Fsp3) is 0.667. The quantitative estimate of drug-likeness (QED) is 0.878. The van der Waals surface area contributed by atoms with Crippen molar-refractivity contribution in [2.75, 3.05) is 44.7 Å². The Labute approximate surface area is 116 Å². The van der Waals surface area contributed by atoms with Gasteiger partial charge in [0, 0.05) is 32.2 Å². The fourth-order valence-corrected chi connectivity index (χ4v) is 2.37. The Morgan fingerprint density at radius 3 is 2.58 bits per heavy atom. The second-order valence-corrected chi connectivity index (χ2v) is 5.41. The number of pyridine rings is 1. The maximum Gasteiger partial charge on any atom is 0.0572 e.